The second kappa shape index (κ2) is 6.34. The molecule has 1 amide bonds. The molecule has 0 saturated heterocycles. The maximum Gasteiger partial charge on any atom is 0.407 e. The molecule has 0 fully saturated rings. The van der Waals surface area contributed by atoms with E-state index in [9.17, 15) is 9.90 Å². The number of thiophene rings is 1. The number of benzene rings is 1. The highest BCUT2D eigenvalue weighted by atomic mass is 32.1. The minimum absolute atomic E-state index is 0.384. The van der Waals surface area contributed by atoms with Gasteiger partial charge in [-0.2, -0.15) is 5.10 Å². The zero-order valence-electron chi connectivity index (χ0n) is 14.9. The maximum atomic E-state index is 11.3. The van der Waals surface area contributed by atoms with E-state index in [2.05, 4.69) is 25.5 Å². The zero-order valence-corrected chi connectivity index (χ0v) is 15.7. The van der Waals surface area contributed by atoms with Gasteiger partial charge in [-0.1, -0.05) is 0 Å². The number of aromatic nitrogens is 4. The number of hydrogen-bond acceptors (Lipinski definition) is 7. The van der Waals surface area contributed by atoms with Gasteiger partial charge in [0.05, 0.1) is 36.4 Å². The van der Waals surface area contributed by atoms with Crippen molar-refractivity contribution >= 4 is 50.1 Å². The predicted octanol–water partition coefficient (Wildman–Crippen LogP) is 3.36. The van der Waals surface area contributed by atoms with Crippen LogP contribution in [0.5, 0.6) is 5.75 Å². The number of nitrogens with one attached hydrogen (secondary N) is 2. The Morgan fingerprint density at radius 2 is 2.29 bits per heavy atom. The number of anilines is 2. The zero-order chi connectivity index (χ0) is 19.3. The molecule has 3 aromatic heterocycles. The van der Waals surface area contributed by atoms with Crippen molar-refractivity contribution < 1.29 is 14.6 Å². The molecule has 28 heavy (non-hydrogen) atoms. The number of methoxy groups -OCH3 is 1. The summed E-state index contributed by atoms with van der Waals surface area (Å²) < 4.78 is 5.52. The van der Waals surface area contributed by atoms with Gasteiger partial charge in [-0.15, -0.1) is 11.3 Å². The summed E-state index contributed by atoms with van der Waals surface area (Å²) in [5, 5.41) is 21.6. The van der Waals surface area contributed by atoms with Crippen LogP contribution in [0.4, 0.5) is 16.3 Å². The molecule has 4 heterocycles. The molecule has 3 N–H and O–H groups in total. The molecule has 4 aromatic rings. The van der Waals surface area contributed by atoms with Gasteiger partial charge < -0.3 is 20.1 Å². The van der Waals surface area contributed by atoms with Crippen molar-refractivity contribution in [2.24, 2.45) is 0 Å². The van der Waals surface area contributed by atoms with E-state index in [4.69, 9.17) is 4.74 Å². The van der Waals surface area contributed by atoms with Crippen LogP contribution < -0.4 is 10.1 Å². The van der Waals surface area contributed by atoms with Gasteiger partial charge in [-0.05, 0) is 18.1 Å². The summed E-state index contributed by atoms with van der Waals surface area (Å²) in [6, 6.07) is 3.84. The first kappa shape index (κ1) is 16.8. The van der Waals surface area contributed by atoms with E-state index in [-0.39, 0.29) is 0 Å². The Balaban J connectivity index is 1.60. The van der Waals surface area contributed by atoms with E-state index in [0.717, 1.165) is 37.2 Å². The summed E-state index contributed by atoms with van der Waals surface area (Å²) in [5.74, 6) is 1.36. The fraction of sp³-hybridized carbons (Fsp3) is 0.222. The summed E-state index contributed by atoms with van der Waals surface area (Å²) in [6.45, 7) is 0.849. The minimum Gasteiger partial charge on any atom is -0.494 e. The smallest absolute Gasteiger partial charge is 0.407 e. The van der Waals surface area contributed by atoms with Crippen LogP contribution >= 0.6 is 11.3 Å². The molecule has 1 aromatic carbocycles. The fourth-order valence-corrected chi connectivity index (χ4v) is 4.75. The summed E-state index contributed by atoms with van der Waals surface area (Å²) in [5.41, 5.74) is 2.78. The van der Waals surface area contributed by atoms with E-state index in [0.29, 0.717) is 31.1 Å². The lowest BCUT2D eigenvalue weighted by Gasteiger charge is -2.24. The van der Waals surface area contributed by atoms with Crippen molar-refractivity contribution in [3.8, 4) is 5.75 Å². The van der Waals surface area contributed by atoms with Crippen molar-refractivity contribution in [2.75, 3.05) is 19.0 Å². The number of carbonyl (C=O) groups is 1. The highest BCUT2D eigenvalue weighted by molar-refractivity contribution is 7.19. The number of rotatable bonds is 3. The van der Waals surface area contributed by atoms with E-state index in [1.165, 1.54) is 22.6 Å². The Hall–Kier alpha value is -3.40. The van der Waals surface area contributed by atoms with Crippen molar-refractivity contribution in [1.82, 2.24) is 25.1 Å². The van der Waals surface area contributed by atoms with Crippen LogP contribution in [0.3, 0.4) is 0 Å². The van der Waals surface area contributed by atoms with Gasteiger partial charge in [0.15, 0.2) is 0 Å². The SMILES string of the molecule is COc1cc2[nH]ncc2cc1Nc1ncnc2sc3c(c12)CCN(C(=O)O)C3. The Morgan fingerprint density at radius 1 is 1.39 bits per heavy atom. The third-order valence-electron chi connectivity index (χ3n) is 4.92. The van der Waals surface area contributed by atoms with Gasteiger partial charge in [0, 0.05) is 22.9 Å². The number of carboxylic acid groups (broad SMARTS) is 1. The number of ether oxygens (including phenoxy) is 1. The molecule has 10 heteroatoms. The molecule has 1 aliphatic rings. The third-order valence-corrected chi connectivity index (χ3v) is 6.05. The first-order valence-electron chi connectivity index (χ1n) is 8.65. The maximum absolute atomic E-state index is 11.3. The van der Waals surface area contributed by atoms with Gasteiger partial charge >= 0.3 is 6.09 Å². The summed E-state index contributed by atoms with van der Waals surface area (Å²) in [7, 11) is 1.62. The van der Waals surface area contributed by atoms with Crippen LogP contribution in [-0.2, 0) is 13.0 Å². The Kier molecular flexibility index (Phi) is 3.79. The first-order chi connectivity index (χ1) is 13.6. The Morgan fingerprint density at radius 3 is 3.11 bits per heavy atom. The van der Waals surface area contributed by atoms with Crippen LogP contribution in [0, 0.1) is 0 Å². The minimum atomic E-state index is -0.898. The summed E-state index contributed by atoms with van der Waals surface area (Å²) >= 11 is 1.52. The van der Waals surface area contributed by atoms with Crippen LogP contribution in [0.1, 0.15) is 10.4 Å². The molecule has 0 unspecified atom stereocenters. The quantitative estimate of drug-likeness (QED) is 0.486. The number of hydrogen-bond donors (Lipinski definition) is 3. The second-order valence-electron chi connectivity index (χ2n) is 6.50. The fourth-order valence-electron chi connectivity index (χ4n) is 3.55. The Labute approximate surface area is 163 Å². The molecule has 142 valence electrons. The largest absolute Gasteiger partial charge is 0.494 e. The monoisotopic (exact) mass is 396 g/mol. The van der Waals surface area contributed by atoms with E-state index < -0.39 is 6.09 Å². The number of nitrogens with zero attached hydrogens (tertiary/aromatic N) is 4. The molecular formula is C18H16N6O3S. The topological polar surface area (TPSA) is 116 Å². The molecule has 0 radical (unpaired) electrons. The lowest BCUT2D eigenvalue weighted by atomic mass is 10.1. The third kappa shape index (κ3) is 2.61. The van der Waals surface area contributed by atoms with Gasteiger partial charge in [0.25, 0.3) is 0 Å². The molecule has 0 aliphatic carbocycles. The van der Waals surface area contributed by atoms with Crippen molar-refractivity contribution in [1.29, 1.82) is 0 Å². The average Bonchev–Trinajstić information content (AvgIpc) is 3.30. The lowest BCUT2D eigenvalue weighted by molar-refractivity contribution is 0.140. The number of aromatic amines is 1. The highest BCUT2D eigenvalue weighted by Crippen LogP contribution is 2.39. The van der Waals surface area contributed by atoms with Crippen molar-refractivity contribution in [3.05, 3.63) is 35.1 Å². The molecule has 0 atom stereocenters. The number of H-pyrrole nitrogens is 1. The van der Waals surface area contributed by atoms with E-state index in [1.807, 2.05) is 12.1 Å². The Bertz CT molecular complexity index is 1220. The van der Waals surface area contributed by atoms with Crippen molar-refractivity contribution in [3.63, 3.8) is 0 Å². The normalized spacial score (nSPS) is 13.7. The first-order valence-corrected chi connectivity index (χ1v) is 9.47. The summed E-state index contributed by atoms with van der Waals surface area (Å²) in [4.78, 5) is 23.5. The molecule has 0 bridgehead atoms. The standard InChI is InChI=1S/C18H16N6O3S/c1-27-13-5-11-9(6-21-23-11)4-12(13)22-16-15-10-2-3-24(18(25)26)7-14(10)28-17(15)20-8-19-16/h4-6,8H,2-3,7H2,1H3,(H,21,23)(H,25,26)(H,19,20,22). The van der Waals surface area contributed by atoms with Crippen LogP contribution in [0.2, 0.25) is 0 Å². The molecule has 0 spiro atoms. The van der Waals surface area contributed by atoms with E-state index in [1.54, 1.807) is 13.3 Å². The molecular weight excluding hydrogens is 380 g/mol. The predicted molar refractivity (Wildman–Crippen MR) is 105 cm³/mol. The summed E-state index contributed by atoms with van der Waals surface area (Å²) in [6.07, 6.45) is 3.01. The van der Waals surface area contributed by atoms with Gasteiger partial charge in [-0.3, -0.25) is 5.10 Å². The lowest BCUT2D eigenvalue weighted by Crippen LogP contribution is -2.34. The van der Waals surface area contributed by atoms with Gasteiger partial charge in [0.1, 0.15) is 22.7 Å². The average molecular weight is 396 g/mol. The highest BCUT2D eigenvalue weighted by Gasteiger charge is 2.26. The molecule has 5 rings (SSSR count). The van der Waals surface area contributed by atoms with Crippen LogP contribution in [0.15, 0.2) is 24.7 Å². The number of amides is 1. The molecule has 9 nitrogen and oxygen atoms in total. The van der Waals surface area contributed by atoms with Crippen LogP contribution in [-0.4, -0.2) is 49.9 Å². The van der Waals surface area contributed by atoms with Crippen LogP contribution in [0.25, 0.3) is 21.1 Å². The second-order valence-corrected chi connectivity index (χ2v) is 7.58. The van der Waals surface area contributed by atoms with Crippen molar-refractivity contribution in [2.45, 2.75) is 13.0 Å². The number of fused-ring (bicyclic) bond motifs is 4. The molecule has 0 saturated carbocycles. The van der Waals surface area contributed by atoms with Gasteiger partial charge in [-0.25, -0.2) is 14.8 Å². The molecule has 1 aliphatic heterocycles. The van der Waals surface area contributed by atoms with E-state index >= 15 is 0 Å². The van der Waals surface area contributed by atoms with Gasteiger partial charge in [0.2, 0.25) is 0 Å².